The van der Waals surface area contributed by atoms with Gasteiger partial charge in [0.1, 0.15) is 6.07 Å². The normalized spacial score (nSPS) is 9.65. The topological polar surface area (TPSA) is 52.9 Å². The van der Waals surface area contributed by atoms with Crippen molar-refractivity contribution in [3.63, 3.8) is 0 Å². The summed E-state index contributed by atoms with van der Waals surface area (Å²) in [5, 5.41) is 11.6. The van der Waals surface area contributed by atoms with E-state index in [1.165, 1.54) is 0 Å². The first kappa shape index (κ1) is 13.6. The van der Waals surface area contributed by atoms with Crippen LogP contribution in [0.15, 0.2) is 24.3 Å². The molecule has 0 saturated heterocycles. The Bertz CT molecular complexity index is 412. The van der Waals surface area contributed by atoms with Crippen LogP contribution in [0, 0.1) is 11.3 Å². The number of benzene rings is 1. The van der Waals surface area contributed by atoms with E-state index in [1.54, 1.807) is 30.0 Å². The molecule has 0 fully saturated rings. The van der Waals surface area contributed by atoms with Gasteiger partial charge in [-0.15, -0.1) is 0 Å². The maximum Gasteiger partial charge on any atom is 0.225 e. The van der Waals surface area contributed by atoms with Gasteiger partial charge >= 0.3 is 0 Å². The fourth-order valence-corrected chi connectivity index (χ4v) is 2.14. The Hall–Kier alpha value is -1.47. The van der Waals surface area contributed by atoms with Gasteiger partial charge in [0.2, 0.25) is 5.91 Å². The van der Waals surface area contributed by atoms with Gasteiger partial charge in [0.15, 0.2) is 0 Å². The number of thioether (sulfide) groups is 1. The maximum absolute atomic E-state index is 11.6. The molecule has 0 spiro atoms. The number of nitrogens with one attached hydrogen (secondary N) is 1. The van der Waals surface area contributed by atoms with Crippen molar-refractivity contribution in [2.75, 3.05) is 16.8 Å². The molecule has 1 N–H and O–H groups in total. The van der Waals surface area contributed by atoms with E-state index in [-0.39, 0.29) is 5.91 Å². The third-order valence-electron chi connectivity index (χ3n) is 2.14. The van der Waals surface area contributed by atoms with Crippen molar-refractivity contribution in [1.29, 1.82) is 5.26 Å². The number of para-hydroxylation sites is 1. The molecular weight excluding hydrogens is 232 g/mol. The van der Waals surface area contributed by atoms with Gasteiger partial charge in [0, 0.05) is 12.2 Å². The average Bonchev–Trinajstić information content (AvgIpc) is 2.35. The van der Waals surface area contributed by atoms with Crippen LogP contribution >= 0.6 is 11.8 Å². The SMILES string of the molecule is CCCSCCC(=O)Nc1ccccc1C#N. The van der Waals surface area contributed by atoms with E-state index in [9.17, 15) is 4.79 Å². The lowest BCUT2D eigenvalue weighted by atomic mass is 10.2. The maximum atomic E-state index is 11.6. The predicted octanol–water partition coefficient (Wildman–Crippen LogP) is 3.03. The van der Waals surface area contributed by atoms with Crippen LogP contribution in [0.3, 0.4) is 0 Å². The molecule has 0 aliphatic heterocycles. The van der Waals surface area contributed by atoms with Gasteiger partial charge in [0.25, 0.3) is 0 Å². The second-order valence-electron chi connectivity index (χ2n) is 3.57. The molecule has 0 unspecified atom stereocenters. The van der Waals surface area contributed by atoms with Crippen LogP contribution in [0.1, 0.15) is 25.3 Å². The molecule has 1 aromatic rings. The number of carbonyl (C=O) groups is 1. The van der Waals surface area contributed by atoms with Gasteiger partial charge in [-0.25, -0.2) is 0 Å². The van der Waals surface area contributed by atoms with Crippen molar-refractivity contribution in [3.8, 4) is 6.07 Å². The molecule has 1 aromatic carbocycles. The number of hydrogen-bond donors (Lipinski definition) is 1. The highest BCUT2D eigenvalue weighted by atomic mass is 32.2. The Labute approximate surface area is 106 Å². The van der Waals surface area contributed by atoms with Crippen molar-refractivity contribution in [2.45, 2.75) is 19.8 Å². The molecular formula is C13H16N2OS. The van der Waals surface area contributed by atoms with Gasteiger partial charge in [-0.2, -0.15) is 17.0 Å². The zero-order valence-electron chi connectivity index (χ0n) is 9.90. The molecule has 0 bridgehead atoms. The van der Waals surface area contributed by atoms with E-state index in [4.69, 9.17) is 5.26 Å². The van der Waals surface area contributed by atoms with E-state index in [2.05, 4.69) is 18.3 Å². The molecule has 90 valence electrons. The number of hydrogen-bond acceptors (Lipinski definition) is 3. The minimum atomic E-state index is -0.0312. The summed E-state index contributed by atoms with van der Waals surface area (Å²) in [5.41, 5.74) is 1.10. The lowest BCUT2D eigenvalue weighted by Gasteiger charge is -2.06. The molecule has 0 aliphatic rings. The van der Waals surface area contributed by atoms with Gasteiger partial charge in [0.05, 0.1) is 11.3 Å². The zero-order chi connectivity index (χ0) is 12.5. The van der Waals surface area contributed by atoms with Crippen LogP contribution in [0.4, 0.5) is 5.69 Å². The van der Waals surface area contributed by atoms with Gasteiger partial charge in [-0.1, -0.05) is 19.1 Å². The van der Waals surface area contributed by atoms with E-state index in [0.717, 1.165) is 17.9 Å². The van der Waals surface area contributed by atoms with Crippen molar-refractivity contribution < 1.29 is 4.79 Å². The average molecular weight is 248 g/mol. The summed E-state index contributed by atoms with van der Waals surface area (Å²) < 4.78 is 0. The third-order valence-corrected chi connectivity index (χ3v) is 3.33. The van der Waals surface area contributed by atoms with Crippen molar-refractivity contribution in [2.24, 2.45) is 0 Å². The van der Waals surface area contributed by atoms with Crippen LogP contribution in [0.25, 0.3) is 0 Å². The van der Waals surface area contributed by atoms with Crippen LogP contribution < -0.4 is 5.32 Å². The van der Waals surface area contributed by atoms with Crippen molar-refractivity contribution >= 4 is 23.4 Å². The fraction of sp³-hybridized carbons (Fsp3) is 0.385. The number of nitriles is 1. The first-order valence-corrected chi connectivity index (χ1v) is 6.80. The lowest BCUT2D eigenvalue weighted by Crippen LogP contribution is -2.13. The van der Waals surface area contributed by atoms with Gasteiger partial charge < -0.3 is 5.32 Å². The summed E-state index contributed by atoms with van der Waals surface area (Å²) in [4.78, 5) is 11.6. The molecule has 1 rings (SSSR count). The summed E-state index contributed by atoms with van der Waals surface area (Å²) in [6.07, 6.45) is 1.62. The first-order chi connectivity index (χ1) is 8.27. The zero-order valence-corrected chi connectivity index (χ0v) is 10.7. The predicted molar refractivity (Wildman–Crippen MR) is 72.0 cm³/mol. The van der Waals surface area contributed by atoms with Crippen LogP contribution in [0.2, 0.25) is 0 Å². The highest BCUT2D eigenvalue weighted by Gasteiger charge is 2.05. The number of rotatable bonds is 6. The molecule has 17 heavy (non-hydrogen) atoms. The Morgan fingerprint density at radius 1 is 1.41 bits per heavy atom. The van der Waals surface area contributed by atoms with Crippen molar-refractivity contribution in [3.05, 3.63) is 29.8 Å². The number of nitrogens with zero attached hydrogens (tertiary/aromatic N) is 1. The first-order valence-electron chi connectivity index (χ1n) is 5.64. The summed E-state index contributed by atoms with van der Waals surface area (Å²) in [6.45, 7) is 2.12. The highest BCUT2D eigenvalue weighted by Crippen LogP contribution is 2.14. The fourth-order valence-electron chi connectivity index (χ4n) is 1.31. The molecule has 0 radical (unpaired) electrons. The largest absolute Gasteiger partial charge is 0.325 e. The summed E-state index contributed by atoms with van der Waals surface area (Å²) in [5.74, 6) is 1.88. The minimum Gasteiger partial charge on any atom is -0.325 e. The second kappa shape index (κ2) is 7.75. The molecule has 1 amide bonds. The van der Waals surface area contributed by atoms with Crippen LogP contribution in [-0.4, -0.2) is 17.4 Å². The van der Waals surface area contributed by atoms with Crippen molar-refractivity contribution in [1.82, 2.24) is 0 Å². The molecule has 0 heterocycles. The Morgan fingerprint density at radius 3 is 2.88 bits per heavy atom. The lowest BCUT2D eigenvalue weighted by molar-refractivity contribution is -0.115. The molecule has 0 atom stereocenters. The highest BCUT2D eigenvalue weighted by molar-refractivity contribution is 7.99. The Morgan fingerprint density at radius 2 is 2.18 bits per heavy atom. The quantitative estimate of drug-likeness (QED) is 0.787. The summed E-state index contributed by atoms with van der Waals surface area (Å²) in [7, 11) is 0. The number of carbonyl (C=O) groups excluding carboxylic acids is 1. The Balaban J connectivity index is 2.43. The van der Waals surface area contributed by atoms with Gasteiger partial charge in [-0.05, 0) is 24.3 Å². The van der Waals surface area contributed by atoms with E-state index in [0.29, 0.717) is 17.7 Å². The molecule has 0 aliphatic carbocycles. The third kappa shape index (κ3) is 4.92. The minimum absolute atomic E-state index is 0.0312. The standard InChI is InChI=1S/C13H16N2OS/c1-2-8-17-9-7-13(16)15-12-6-4-3-5-11(12)10-14/h3-6H,2,7-9H2,1H3,(H,15,16). The molecule has 0 saturated carbocycles. The number of anilines is 1. The number of amides is 1. The second-order valence-corrected chi connectivity index (χ2v) is 4.79. The van der Waals surface area contributed by atoms with E-state index < -0.39 is 0 Å². The molecule has 0 aromatic heterocycles. The summed E-state index contributed by atoms with van der Waals surface area (Å²) >= 11 is 1.78. The van der Waals surface area contributed by atoms with E-state index >= 15 is 0 Å². The monoisotopic (exact) mass is 248 g/mol. The molecule has 3 nitrogen and oxygen atoms in total. The van der Waals surface area contributed by atoms with E-state index in [1.807, 2.05) is 6.07 Å². The smallest absolute Gasteiger partial charge is 0.225 e. The summed E-state index contributed by atoms with van der Waals surface area (Å²) in [6, 6.07) is 9.09. The van der Waals surface area contributed by atoms with Crippen LogP contribution in [0.5, 0.6) is 0 Å². The van der Waals surface area contributed by atoms with Gasteiger partial charge in [-0.3, -0.25) is 4.79 Å². The molecule has 4 heteroatoms. The van der Waals surface area contributed by atoms with Crippen LogP contribution in [-0.2, 0) is 4.79 Å². The Kier molecular flexibility index (Phi) is 6.19.